The fourth-order valence-electron chi connectivity index (χ4n) is 2.95. The largest absolute Gasteiger partial charge is 0.490 e. The van der Waals surface area contributed by atoms with Crippen LogP contribution in [0.5, 0.6) is 11.5 Å². The van der Waals surface area contributed by atoms with Gasteiger partial charge < -0.3 is 14.8 Å². The topological polar surface area (TPSA) is 89.0 Å². The summed E-state index contributed by atoms with van der Waals surface area (Å²) in [5, 5.41) is 7.03. The normalized spacial score (nSPS) is 10.8. The smallest absolute Gasteiger partial charge is 0.329 e. The van der Waals surface area contributed by atoms with Gasteiger partial charge in [0.1, 0.15) is 12.4 Å². The van der Waals surface area contributed by atoms with Gasteiger partial charge in [-0.3, -0.25) is 9.59 Å². The fourth-order valence-corrected chi connectivity index (χ4v) is 3.34. The lowest BCUT2D eigenvalue weighted by Gasteiger charge is -2.13. The Morgan fingerprint density at radius 2 is 1.74 bits per heavy atom. The molecule has 10 heteroatoms. The highest BCUT2D eigenvalue weighted by atomic mass is 35.5. The Balaban J connectivity index is 1.63. The molecule has 3 rings (SSSR count). The van der Waals surface area contributed by atoms with Crippen LogP contribution in [0.1, 0.15) is 23.6 Å². The molecule has 3 aromatic rings. The minimum atomic E-state index is -0.952. The van der Waals surface area contributed by atoms with E-state index < -0.39 is 17.6 Å². The van der Waals surface area contributed by atoms with Crippen LogP contribution in [0.25, 0.3) is 0 Å². The summed E-state index contributed by atoms with van der Waals surface area (Å²) >= 11 is 12.1. The molecule has 3 aromatic carbocycles. The van der Waals surface area contributed by atoms with E-state index in [0.29, 0.717) is 39.9 Å². The summed E-state index contributed by atoms with van der Waals surface area (Å²) in [7, 11) is 0. The zero-order valence-electron chi connectivity index (χ0n) is 18.9. The minimum Gasteiger partial charge on any atom is -0.490 e. The first-order valence-electron chi connectivity index (χ1n) is 10.5. The predicted octanol–water partition coefficient (Wildman–Crippen LogP) is 5.51. The number of hydrogen-bond donors (Lipinski definition) is 2. The standard InChI is InChI=1S/C25H22Cl2FN3O4/c1-3-34-23-12-16(10-11-22(23)35-14-17-19(27)7-4-8-20(17)28)13-29-31-25(33)24(32)30-21-9-5-6-18(26)15(21)2/h4-13H,3,14H2,1-2H3,(H,30,32)(H,31,33)/b29-13+. The SMILES string of the molecule is CCOc1cc(/C=N/NC(=O)C(=O)Nc2cccc(Cl)c2C)ccc1OCc1c(F)cccc1Cl. The monoisotopic (exact) mass is 517 g/mol. The second kappa shape index (κ2) is 12.2. The summed E-state index contributed by atoms with van der Waals surface area (Å²) < 4.78 is 25.3. The number of rotatable bonds is 8. The summed E-state index contributed by atoms with van der Waals surface area (Å²) in [6, 6.07) is 14.3. The first-order chi connectivity index (χ1) is 16.8. The first kappa shape index (κ1) is 26.0. The number of amides is 2. The van der Waals surface area contributed by atoms with Gasteiger partial charge in [0.05, 0.1) is 17.8 Å². The number of nitrogens with zero attached hydrogens (tertiary/aromatic N) is 1. The van der Waals surface area contributed by atoms with Crippen LogP contribution in [0.15, 0.2) is 59.7 Å². The molecule has 0 unspecified atom stereocenters. The van der Waals surface area contributed by atoms with Crippen LogP contribution < -0.4 is 20.2 Å². The highest BCUT2D eigenvalue weighted by Gasteiger charge is 2.15. The zero-order valence-corrected chi connectivity index (χ0v) is 20.4. The van der Waals surface area contributed by atoms with Crippen LogP contribution in [0.2, 0.25) is 10.0 Å². The van der Waals surface area contributed by atoms with E-state index in [9.17, 15) is 14.0 Å². The minimum absolute atomic E-state index is 0.0870. The number of nitrogens with one attached hydrogen (secondary N) is 2. The molecule has 2 amide bonds. The molecular formula is C25H22Cl2FN3O4. The van der Waals surface area contributed by atoms with Crippen molar-refractivity contribution < 1.29 is 23.5 Å². The zero-order chi connectivity index (χ0) is 25.4. The fraction of sp³-hybridized carbons (Fsp3) is 0.160. The van der Waals surface area contributed by atoms with Gasteiger partial charge in [-0.25, -0.2) is 9.82 Å². The number of carbonyl (C=O) groups excluding carboxylic acids is 2. The third-order valence-corrected chi connectivity index (χ3v) is 5.57. The Morgan fingerprint density at radius 1 is 1.00 bits per heavy atom. The quantitative estimate of drug-likeness (QED) is 0.234. The van der Waals surface area contributed by atoms with Gasteiger partial charge in [0, 0.05) is 16.3 Å². The van der Waals surface area contributed by atoms with E-state index in [0.717, 1.165) is 0 Å². The second-order valence-electron chi connectivity index (χ2n) is 7.19. The Hall–Kier alpha value is -3.62. The Labute approximate surface area is 211 Å². The third kappa shape index (κ3) is 6.94. The van der Waals surface area contributed by atoms with Gasteiger partial charge in [-0.15, -0.1) is 0 Å². The molecule has 182 valence electrons. The summed E-state index contributed by atoms with van der Waals surface area (Å²) in [5.41, 5.74) is 4.03. The average Bonchev–Trinajstić information content (AvgIpc) is 2.83. The Bertz CT molecular complexity index is 1250. The van der Waals surface area contributed by atoms with Crippen molar-refractivity contribution in [3.05, 3.63) is 87.2 Å². The van der Waals surface area contributed by atoms with Gasteiger partial charge in [0.15, 0.2) is 11.5 Å². The van der Waals surface area contributed by atoms with Crippen molar-refractivity contribution in [3.8, 4) is 11.5 Å². The lowest BCUT2D eigenvalue weighted by Crippen LogP contribution is -2.32. The molecule has 0 aliphatic carbocycles. The number of ether oxygens (including phenoxy) is 2. The molecule has 0 spiro atoms. The van der Waals surface area contributed by atoms with Crippen molar-refractivity contribution in [2.75, 3.05) is 11.9 Å². The van der Waals surface area contributed by atoms with Crippen molar-refractivity contribution >= 4 is 46.9 Å². The molecule has 7 nitrogen and oxygen atoms in total. The third-order valence-electron chi connectivity index (χ3n) is 4.80. The van der Waals surface area contributed by atoms with E-state index in [2.05, 4.69) is 15.8 Å². The second-order valence-corrected chi connectivity index (χ2v) is 8.01. The molecule has 0 fully saturated rings. The lowest BCUT2D eigenvalue weighted by atomic mass is 10.2. The maximum Gasteiger partial charge on any atom is 0.329 e. The summed E-state index contributed by atoms with van der Waals surface area (Å²) in [5.74, 6) is -1.54. The van der Waals surface area contributed by atoms with Crippen molar-refractivity contribution in [2.24, 2.45) is 5.10 Å². The highest BCUT2D eigenvalue weighted by Crippen LogP contribution is 2.30. The van der Waals surface area contributed by atoms with Crippen LogP contribution >= 0.6 is 23.2 Å². The predicted molar refractivity (Wildman–Crippen MR) is 134 cm³/mol. The molecule has 0 heterocycles. The Kier molecular flexibility index (Phi) is 9.05. The molecule has 0 saturated heterocycles. The molecule has 35 heavy (non-hydrogen) atoms. The molecule has 0 aromatic heterocycles. The number of halogens is 3. The lowest BCUT2D eigenvalue weighted by molar-refractivity contribution is -0.136. The van der Waals surface area contributed by atoms with Gasteiger partial charge >= 0.3 is 11.8 Å². The Morgan fingerprint density at radius 3 is 2.49 bits per heavy atom. The van der Waals surface area contributed by atoms with E-state index >= 15 is 0 Å². The van der Waals surface area contributed by atoms with E-state index in [1.807, 2.05) is 0 Å². The van der Waals surface area contributed by atoms with Gasteiger partial charge in [0.25, 0.3) is 0 Å². The molecule has 0 aliphatic rings. The van der Waals surface area contributed by atoms with Gasteiger partial charge in [0.2, 0.25) is 0 Å². The van der Waals surface area contributed by atoms with Gasteiger partial charge in [-0.1, -0.05) is 35.3 Å². The summed E-state index contributed by atoms with van der Waals surface area (Å²) in [4.78, 5) is 24.2. The van der Waals surface area contributed by atoms with Crippen LogP contribution in [-0.4, -0.2) is 24.6 Å². The van der Waals surface area contributed by atoms with Gasteiger partial charge in [-0.05, 0) is 67.4 Å². The van der Waals surface area contributed by atoms with Crippen molar-refractivity contribution in [1.29, 1.82) is 0 Å². The number of hydrazone groups is 1. The van der Waals surface area contributed by atoms with Crippen LogP contribution in [-0.2, 0) is 16.2 Å². The van der Waals surface area contributed by atoms with Crippen molar-refractivity contribution in [2.45, 2.75) is 20.5 Å². The number of benzene rings is 3. The number of carbonyl (C=O) groups is 2. The molecular weight excluding hydrogens is 496 g/mol. The van der Waals surface area contributed by atoms with Crippen LogP contribution in [0.4, 0.5) is 10.1 Å². The first-order valence-corrected chi connectivity index (χ1v) is 11.3. The van der Waals surface area contributed by atoms with E-state index in [1.54, 1.807) is 56.3 Å². The molecule has 0 aliphatic heterocycles. The van der Waals surface area contributed by atoms with Crippen LogP contribution in [0.3, 0.4) is 0 Å². The maximum absolute atomic E-state index is 14.0. The van der Waals surface area contributed by atoms with E-state index in [4.69, 9.17) is 32.7 Å². The molecule has 0 saturated carbocycles. The van der Waals surface area contributed by atoms with Crippen LogP contribution in [0, 0.1) is 12.7 Å². The molecule has 0 atom stereocenters. The highest BCUT2D eigenvalue weighted by molar-refractivity contribution is 6.40. The van der Waals surface area contributed by atoms with Gasteiger partial charge in [-0.2, -0.15) is 5.10 Å². The van der Waals surface area contributed by atoms with E-state index in [1.165, 1.54) is 18.3 Å². The molecule has 0 bridgehead atoms. The van der Waals surface area contributed by atoms with Crippen molar-refractivity contribution in [1.82, 2.24) is 5.43 Å². The average molecular weight is 518 g/mol. The number of anilines is 1. The number of hydrogen-bond acceptors (Lipinski definition) is 5. The molecule has 0 radical (unpaired) electrons. The summed E-state index contributed by atoms with van der Waals surface area (Å²) in [6.07, 6.45) is 1.34. The van der Waals surface area contributed by atoms with Crippen molar-refractivity contribution in [3.63, 3.8) is 0 Å². The van der Waals surface area contributed by atoms with E-state index in [-0.39, 0.29) is 17.2 Å². The summed E-state index contributed by atoms with van der Waals surface area (Å²) in [6.45, 7) is 3.80. The maximum atomic E-state index is 14.0. The molecule has 2 N–H and O–H groups in total.